The molecule has 0 spiro atoms. The quantitative estimate of drug-likeness (QED) is 0.274. The molecule has 13 heteroatoms. The summed E-state index contributed by atoms with van der Waals surface area (Å²) in [4.78, 5) is 38.9. The van der Waals surface area contributed by atoms with E-state index < -0.39 is 47.9 Å². The van der Waals surface area contributed by atoms with Crippen LogP contribution < -0.4 is 5.32 Å². The van der Waals surface area contributed by atoms with E-state index in [0.29, 0.717) is 40.6 Å². The largest absolute Gasteiger partial charge is 0.508 e. The molecule has 2 aromatic rings. The van der Waals surface area contributed by atoms with Gasteiger partial charge >= 0.3 is 11.9 Å². The lowest BCUT2D eigenvalue weighted by Gasteiger charge is -2.34. The predicted octanol–water partition coefficient (Wildman–Crippen LogP) is 4.21. The maximum Gasteiger partial charge on any atom is 0.338 e. The summed E-state index contributed by atoms with van der Waals surface area (Å²) < 4.78 is 42.4. The minimum absolute atomic E-state index is 0.00225. The molecule has 0 bridgehead atoms. The summed E-state index contributed by atoms with van der Waals surface area (Å²) in [5, 5.41) is 16.1. The lowest BCUT2D eigenvalue weighted by atomic mass is 9.91. The van der Waals surface area contributed by atoms with Gasteiger partial charge in [0, 0.05) is 43.0 Å². The third-order valence-corrected chi connectivity index (χ3v) is 9.31. The highest BCUT2D eigenvalue weighted by atomic mass is 32.1. The molecule has 0 amide bonds. The Hall–Kier alpha value is -3.68. The van der Waals surface area contributed by atoms with Crippen LogP contribution in [0.1, 0.15) is 49.4 Å². The predicted molar refractivity (Wildman–Crippen MR) is 166 cm³/mol. The topological polar surface area (TPSA) is 117 Å². The van der Waals surface area contributed by atoms with Crippen molar-refractivity contribution in [2.75, 3.05) is 39.4 Å². The number of thiazole rings is 1. The number of carbonyl (C=O) groups is 2. The van der Waals surface area contributed by atoms with Gasteiger partial charge in [0.2, 0.25) is 0 Å². The number of ether oxygens (including phenoxy) is 2. The molecular weight excluding hydrogens is 604 g/mol. The monoisotopic (exact) mass is 643 g/mol. The number of nitrogens with zero attached hydrogens (tertiary/aromatic N) is 4. The molecule has 2 N–H and O–H groups in total. The van der Waals surface area contributed by atoms with Crippen LogP contribution in [0.5, 0.6) is 5.75 Å². The number of esters is 2. The molecule has 3 aliphatic heterocycles. The zero-order chi connectivity index (χ0) is 32.5. The fourth-order valence-corrected chi connectivity index (χ4v) is 7.08. The second-order valence-corrected chi connectivity index (χ2v) is 13.0. The van der Waals surface area contributed by atoms with Crippen LogP contribution in [0.3, 0.4) is 0 Å². The van der Waals surface area contributed by atoms with Crippen LogP contribution in [0.15, 0.2) is 58.7 Å². The molecule has 2 fully saturated rings. The number of halogens is 2. The number of fused-ring (bicyclic) bond motifs is 1. The summed E-state index contributed by atoms with van der Waals surface area (Å²) in [7, 11) is 0. The number of phenols is 1. The van der Waals surface area contributed by atoms with Gasteiger partial charge in [-0.15, -0.1) is 11.3 Å². The van der Waals surface area contributed by atoms with E-state index in [1.807, 2.05) is 0 Å². The van der Waals surface area contributed by atoms with Gasteiger partial charge in [-0.2, -0.15) is 0 Å². The lowest BCUT2D eigenvalue weighted by molar-refractivity contribution is -0.155. The van der Waals surface area contributed by atoms with Crippen molar-refractivity contribution in [3.63, 3.8) is 0 Å². The number of aromatic hydroxyl groups is 1. The minimum Gasteiger partial charge on any atom is -0.508 e. The first kappa shape index (κ1) is 32.7. The number of benzene rings is 1. The van der Waals surface area contributed by atoms with Crippen molar-refractivity contribution in [3.05, 3.63) is 69.8 Å². The molecule has 0 radical (unpaired) electrons. The molecule has 2 saturated heterocycles. The van der Waals surface area contributed by atoms with E-state index in [1.54, 1.807) is 67.3 Å². The molecule has 3 aliphatic rings. The number of likely N-dealkylation sites (tertiary alicyclic amines) is 2. The Balaban J connectivity index is 1.50. The van der Waals surface area contributed by atoms with Gasteiger partial charge in [0.25, 0.3) is 5.92 Å². The van der Waals surface area contributed by atoms with E-state index in [-0.39, 0.29) is 37.6 Å². The molecule has 242 valence electrons. The zero-order valence-electron chi connectivity index (χ0n) is 25.9. The van der Waals surface area contributed by atoms with Crippen LogP contribution in [0.4, 0.5) is 8.78 Å². The van der Waals surface area contributed by atoms with Crippen LogP contribution >= 0.6 is 11.3 Å². The summed E-state index contributed by atoms with van der Waals surface area (Å²) >= 11 is 1.35. The number of carbonyl (C=O) groups excluding carboxylic acids is 2. The van der Waals surface area contributed by atoms with Crippen molar-refractivity contribution < 1.29 is 33.0 Å². The number of phenolic OH excluding ortho intramolecular Hbond substituents is 1. The van der Waals surface area contributed by atoms with Crippen molar-refractivity contribution in [2.45, 2.75) is 58.2 Å². The summed E-state index contributed by atoms with van der Waals surface area (Å²) in [5.74, 6) is -3.72. The lowest BCUT2D eigenvalue weighted by Crippen LogP contribution is -2.50. The summed E-state index contributed by atoms with van der Waals surface area (Å²) in [6, 6.07) is 2.50. The smallest absolute Gasteiger partial charge is 0.338 e. The van der Waals surface area contributed by atoms with Gasteiger partial charge in [0.05, 0.1) is 30.2 Å². The molecule has 5 rings (SSSR count). The Kier molecular flexibility index (Phi) is 9.43. The maximum atomic E-state index is 15.8. The first-order valence-corrected chi connectivity index (χ1v) is 15.8. The molecule has 4 heterocycles. The van der Waals surface area contributed by atoms with Crippen LogP contribution in [0.25, 0.3) is 0 Å². The van der Waals surface area contributed by atoms with Gasteiger partial charge in [-0.05, 0) is 51.3 Å². The Labute approximate surface area is 265 Å². The van der Waals surface area contributed by atoms with E-state index in [0.717, 1.165) is 0 Å². The Morgan fingerprint density at radius 3 is 2.76 bits per heavy atom. The molecule has 1 aromatic carbocycles. The van der Waals surface area contributed by atoms with Crippen LogP contribution in [0.2, 0.25) is 0 Å². The highest BCUT2D eigenvalue weighted by molar-refractivity contribution is 7.11. The number of hydrogen-bond donors (Lipinski definition) is 2. The first-order chi connectivity index (χ1) is 21.4. The summed E-state index contributed by atoms with van der Waals surface area (Å²) in [5.41, 5.74) is 0.718. The Morgan fingerprint density at radius 1 is 1.29 bits per heavy atom. The number of rotatable bonds is 11. The van der Waals surface area contributed by atoms with Gasteiger partial charge in [-0.1, -0.05) is 24.8 Å². The first-order valence-electron chi connectivity index (χ1n) is 14.9. The average Bonchev–Trinajstić information content (AvgIpc) is 3.72. The van der Waals surface area contributed by atoms with E-state index in [1.165, 1.54) is 17.4 Å². The van der Waals surface area contributed by atoms with Gasteiger partial charge in [0.15, 0.2) is 10.8 Å². The van der Waals surface area contributed by atoms with Crippen molar-refractivity contribution in [1.82, 2.24) is 20.1 Å². The molecule has 0 saturated carbocycles. The molecule has 3 atom stereocenters. The Morgan fingerprint density at radius 2 is 2.07 bits per heavy atom. The second-order valence-electron chi connectivity index (χ2n) is 12.2. The van der Waals surface area contributed by atoms with Crippen molar-refractivity contribution in [2.24, 2.45) is 10.4 Å². The number of amidine groups is 1. The highest BCUT2D eigenvalue weighted by Gasteiger charge is 2.60. The molecule has 10 nitrogen and oxygen atoms in total. The van der Waals surface area contributed by atoms with Crippen molar-refractivity contribution in [1.29, 1.82) is 0 Å². The minimum atomic E-state index is -3.07. The standard InChI is InChI=1S/C32H39F2N5O5S/c1-6-14-44-30(42)31(4,5)17-38-13-11-22-26(38)32(33,34)18-39(22)16-21-24(29(41)43-7-2)25(20-9-8-10-23(40)19(20)3)37-27(36-21)28-35-12-15-45-28/h6,8-10,12,15,22,25-26,40H,1,7,11,13-14,16-18H2,2-5H3,(H,36,37)/t22-,25+,26+/m0/s1. The van der Waals surface area contributed by atoms with E-state index in [2.05, 4.69) is 16.9 Å². The zero-order valence-corrected chi connectivity index (χ0v) is 26.7. The summed E-state index contributed by atoms with van der Waals surface area (Å²) in [6.45, 7) is 10.5. The average molecular weight is 644 g/mol. The molecule has 0 aliphatic carbocycles. The fourth-order valence-electron chi connectivity index (χ4n) is 6.49. The number of aliphatic imine (C=N–C) groups is 1. The van der Waals surface area contributed by atoms with Crippen molar-refractivity contribution >= 4 is 29.1 Å². The summed E-state index contributed by atoms with van der Waals surface area (Å²) in [6.07, 6.45) is 3.57. The molecule has 0 unspecified atom stereocenters. The molecule has 1 aromatic heterocycles. The van der Waals surface area contributed by atoms with Crippen LogP contribution in [-0.4, -0.2) is 95.1 Å². The number of aromatic nitrogens is 1. The number of nitrogens with one attached hydrogen (secondary N) is 1. The van der Waals surface area contributed by atoms with Gasteiger partial charge < -0.3 is 19.9 Å². The van der Waals surface area contributed by atoms with Crippen LogP contribution in [0, 0.1) is 12.3 Å². The highest BCUT2D eigenvalue weighted by Crippen LogP contribution is 2.44. The van der Waals surface area contributed by atoms with Gasteiger partial charge in [-0.3, -0.25) is 19.6 Å². The van der Waals surface area contributed by atoms with E-state index in [4.69, 9.17) is 14.5 Å². The molecular formula is C32H39F2N5O5S. The third-order valence-electron chi connectivity index (χ3n) is 8.53. The number of hydrogen-bond acceptors (Lipinski definition) is 11. The normalized spacial score (nSPS) is 23.3. The van der Waals surface area contributed by atoms with Gasteiger partial charge in [-0.25, -0.2) is 18.6 Å². The maximum absolute atomic E-state index is 15.8. The van der Waals surface area contributed by atoms with Gasteiger partial charge in [0.1, 0.15) is 18.4 Å². The fraction of sp³-hybridized carbons (Fsp3) is 0.500. The SMILES string of the molecule is C=CCOC(=O)C(C)(C)CN1CC[C@H]2[C@@H]1C(F)(F)CN2CC1=C(C(=O)OCC)[C@@H](c2cccc(O)c2C)N=C(c2nccs2)N1. The van der Waals surface area contributed by atoms with E-state index >= 15 is 8.78 Å². The Bertz CT molecular complexity index is 1510. The van der Waals surface area contributed by atoms with E-state index in [9.17, 15) is 14.7 Å². The number of alkyl halides is 2. The third kappa shape index (κ3) is 6.52. The van der Waals surface area contributed by atoms with Crippen LogP contribution in [-0.2, 0) is 19.1 Å². The second kappa shape index (κ2) is 13.0. The molecule has 45 heavy (non-hydrogen) atoms. The van der Waals surface area contributed by atoms with Crippen molar-refractivity contribution in [3.8, 4) is 5.75 Å².